The average molecular weight is 222 g/mol. The van der Waals surface area contributed by atoms with Crippen LogP contribution < -0.4 is 5.32 Å². The van der Waals surface area contributed by atoms with Gasteiger partial charge in [0.05, 0.1) is 13.0 Å². The van der Waals surface area contributed by atoms with E-state index in [1.54, 1.807) is 0 Å². The molecule has 0 aromatic carbocycles. The maximum atomic E-state index is 11.1. The molecule has 0 fully saturated rings. The van der Waals surface area contributed by atoms with E-state index in [-0.39, 0.29) is 30.0 Å². The van der Waals surface area contributed by atoms with Crippen LogP contribution in [0.15, 0.2) is 0 Å². The first kappa shape index (κ1) is 13.2. The molecule has 0 spiro atoms. The van der Waals surface area contributed by atoms with Gasteiger partial charge in [0.25, 0.3) is 0 Å². The molecule has 0 saturated carbocycles. The Morgan fingerprint density at radius 3 is 2.36 bits per heavy atom. The molecule has 82 valence electrons. The predicted octanol–water partition coefficient (Wildman–Crippen LogP) is 1.56. The fourth-order valence-electron chi connectivity index (χ4n) is 0.964. The highest BCUT2D eigenvalue weighted by atomic mass is 35.5. The molecule has 1 amide bonds. The number of alkyl carbamates (subject to hydrolysis) is 1. The lowest BCUT2D eigenvalue weighted by Gasteiger charge is -2.20. The van der Waals surface area contributed by atoms with Crippen LogP contribution in [-0.2, 0) is 9.53 Å². The van der Waals surface area contributed by atoms with Gasteiger partial charge in [-0.2, -0.15) is 0 Å². The minimum Gasteiger partial charge on any atom is -0.453 e. The summed E-state index contributed by atoms with van der Waals surface area (Å²) < 4.78 is 4.45. The molecule has 0 heterocycles. The van der Waals surface area contributed by atoms with Gasteiger partial charge in [-0.1, -0.05) is 13.8 Å². The summed E-state index contributed by atoms with van der Waals surface area (Å²) >= 11 is 5.38. The second kappa shape index (κ2) is 6.65. The van der Waals surface area contributed by atoms with Gasteiger partial charge in [-0.25, -0.2) is 4.79 Å². The minimum atomic E-state index is -0.522. The SMILES string of the molecule is COC(=O)NC(CC(=O)CCl)C(C)C. The second-order valence-electron chi connectivity index (χ2n) is 3.36. The molecule has 0 aromatic heterocycles. The van der Waals surface area contributed by atoms with Crippen molar-refractivity contribution in [2.24, 2.45) is 5.92 Å². The zero-order valence-electron chi connectivity index (χ0n) is 8.67. The smallest absolute Gasteiger partial charge is 0.407 e. The Morgan fingerprint density at radius 2 is 2.00 bits per heavy atom. The topological polar surface area (TPSA) is 55.4 Å². The van der Waals surface area contributed by atoms with E-state index in [0.29, 0.717) is 0 Å². The number of hydrogen-bond acceptors (Lipinski definition) is 3. The van der Waals surface area contributed by atoms with Crippen molar-refractivity contribution in [2.45, 2.75) is 26.3 Å². The molecule has 5 heteroatoms. The number of ether oxygens (including phenoxy) is 1. The number of methoxy groups -OCH3 is 1. The van der Waals surface area contributed by atoms with Gasteiger partial charge >= 0.3 is 6.09 Å². The number of rotatable bonds is 5. The molecule has 0 rings (SSSR count). The van der Waals surface area contributed by atoms with Crippen molar-refractivity contribution >= 4 is 23.5 Å². The zero-order valence-corrected chi connectivity index (χ0v) is 9.43. The largest absolute Gasteiger partial charge is 0.453 e. The first-order chi connectivity index (χ1) is 6.51. The van der Waals surface area contributed by atoms with E-state index in [1.165, 1.54) is 7.11 Å². The standard InChI is InChI=1S/C9H16ClNO3/c1-6(2)8(4-7(12)5-10)11-9(13)14-3/h6,8H,4-5H2,1-3H3,(H,11,13). The van der Waals surface area contributed by atoms with Crippen molar-refractivity contribution in [1.82, 2.24) is 5.32 Å². The molecule has 0 aromatic rings. The van der Waals surface area contributed by atoms with Crippen LogP contribution in [-0.4, -0.2) is 30.9 Å². The van der Waals surface area contributed by atoms with Gasteiger partial charge < -0.3 is 10.1 Å². The molecular weight excluding hydrogens is 206 g/mol. The highest BCUT2D eigenvalue weighted by Gasteiger charge is 2.19. The molecule has 1 atom stereocenters. The number of carbonyl (C=O) groups is 2. The third-order valence-corrected chi connectivity index (χ3v) is 2.19. The maximum absolute atomic E-state index is 11.1. The Morgan fingerprint density at radius 1 is 1.43 bits per heavy atom. The Kier molecular flexibility index (Phi) is 6.28. The van der Waals surface area contributed by atoms with Crippen molar-refractivity contribution in [1.29, 1.82) is 0 Å². The number of amides is 1. The van der Waals surface area contributed by atoms with Gasteiger partial charge in [-0.05, 0) is 5.92 Å². The lowest BCUT2D eigenvalue weighted by atomic mass is 9.99. The lowest BCUT2D eigenvalue weighted by molar-refractivity contribution is -0.117. The van der Waals surface area contributed by atoms with Gasteiger partial charge in [0.15, 0.2) is 0 Å². The molecular formula is C9H16ClNO3. The van der Waals surface area contributed by atoms with Gasteiger partial charge in [-0.3, -0.25) is 4.79 Å². The minimum absolute atomic E-state index is 0.0218. The van der Waals surface area contributed by atoms with E-state index in [2.05, 4.69) is 10.1 Å². The number of ketones is 1. The van der Waals surface area contributed by atoms with Crippen LogP contribution in [0.2, 0.25) is 0 Å². The summed E-state index contributed by atoms with van der Waals surface area (Å²) in [6, 6.07) is -0.214. The van der Waals surface area contributed by atoms with Crippen molar-refractivity contribution in [3.8, 4) is 0 Å². The van der Waals surface area contributed by atoms with Crippen molar-refractivity contribution in [3.05, 3.63) is 0 Å². The van der Waals surface area contributed by atoms with Crippen molar-refractivity contribution in [3.63, 3.8) is 0 Å². The molecule has 0 aliphatic carbocycles. The van der Waals surface area contributed by atoms with Crippen LogP contribution >= 0.6 is 11.6 Å². The highest BCUT2D eigenvalue weighted by molar-refractivity contribution is 6.27. The first-order valence-electron chi connectivity index (χ1n) is 4.43. The lowest BCUT2D eigenvalue weighted by Crippen LogP contribution is -2.40. The first-order valence-corrected chi connectivity index (χ1v) is 4.96. The fraction of sp³-hybridized carbons (Fsp3) is 0.778. The van der Waals surface area contributed by atoms with Crippen LogP contribution in [0.3, 0.4) is 0 Å². The third kappa shape index (κ3) is 5.07. The fourth-order valence-corrected chi connectivity index (χ4v) is 1.07. The van der Waals surface area contributed by atoms with Gasteiger partial charge in [0.1, 0.15) is 5.78 Å². The Hall–Kier alpha value is -0.770. The molecule has 1 unspecified atom stereocenters. The number of hydrogen-bond donors (Lipinski definition) is 1. The number of halogens is 1. The molecule has 0 saturated heterocycles. The van der Waals surface area contributed by atoms with E-state index < -0.39 is 6.09 Å². The van der Waals surface area contributed by atoms with Crippen LogP contribution in [0.4, 0.5) is 4.79 Å². The summed E-state index contributed by atoms with van der Waals surface area (Å²) in [6.07, 6.45) is -0.276. The Balaban J connectivity index is 4.16. The normalized spacial score (nSPS) is 12.4. The van der Waals surface area contributed by atoms with Crippen LogP contribution in [0.25, 0.3) is 0 Å². The quantitative estimate of drug-likeness (QED) is 0.717. The van der Waals surface area contributed by atoms with Gasteiger partial charge in [0.2, 0.25) is 0 Å². The Labute approximate surface area is 88.9 Å². The molecule has 0 aliphatic rings. The van der Waals surface area contributed by atoms with Gasteiger partial charge in [-0.15, -0.1) is 11.6 Å². The summed E-state index contributed by atoms with van der Waals surface area (Å²) in [7, 11) is 1.29. The summed E-state index contributed by atoms with van der Waals surface area (Å²) in [5.41, 5.74) is 0. The average Bonchev–Trinajstić information content (AvgIpc) is 2.16. The number of Topliss-reactive ketones (excluding diaryl/α,β-unsaturated/α-hetero) is 1. The van der Waals surface area contributed by atoms with E-state index in [9.17, 15) is 9.59 Å². The maximum Gasteiger partial charge on any atom is 0.407 e. The number of carbonyl (C=O) groups excluding carboxylic acids is 2. The summed E-state index contributed by atoms with van der Waals surface area (Å²) in [5.74, 6) is 0.0644. The molecule has 0 bridgehead atoms. The third-order valence-electron chi connectivity index (χ3n) is 1.89. The zero-order chi connectivity index (χ0) is 11.1. The summed E-state index contributed by atoms with van der Waals surface area (Å²) in [4.78, 5) is 22.0. The van der Waals surface area contributed by atoms with E-state index >= 15 is 0 Å². The molecule has 0 radical (unpaired) electrons. The second-order valence-corrected chi connectivity index (χ2v) is 3.63. The molecule has 1 N–H and O–H groups in total. The van der Waals surface area contributed by atoms with Crippen LogP contribution in [0.1, 0.15) is 20.3 Å². The van der Waals surface area contributed by atoms with Crippen LogP contribution in [0, 0.1) is 5.92 Å². The van der Waals surface area contributed by atoms with Crippen LogP contribution in [0.5, 0.6) is 0 Å². The highest BCUT2D eigenvalue weighted by Crippen LogP contribution is 2.07. The Bertz CT molecular complexity index is 188. The van der Waals surface area contributed by atoms with E-state index in [0.717, 1.165) is 0 Å². The van der Waals surface area contributed by atoms with Crippen molar-refractivity contribution in [2.75, 3.05) is 13.0 Å². The molecule has 0 aliphatic heterocycles. The molecule has 14 heavy (non-hydrogen) atoms. The van der Waals surface area contributed by atoms with E-state index in [1.807, 2.05) is 13.8 Å². The van der Waals surface area contributed by atoms with E-state index in [4.69, 9.17) is 11.6 Å². The molecule has 4 nitrogen and oxygen atoms in total. The number of nitrogens with one attached hydrogen (secondary N) is 1. The predicted molar refractivity (Wildman–Crippen MR) is 54.5 cm³/mol. The summed E-state index contributed by atoms with van der Waals surface area (Å²) in [5, 5.41) is 2.59. The number of alkyl halides is 1. The summed E-state index contributed by atoms with van der Waals surface area (Å²) in [6.45, 7) is 3.84. The van der Waals surface area contributed by atoms with Gasteiger partial charge in [0, 0.05) is 12.5 Å². The monoisotopic (exact) mass is 221 g/mol. The van der Waals surface area contributed by atoms with Crippen molar-refractivity contribution < 1.29 is 14.3 Å².